The van der Waals surface area contributed by atoms with Crippen molar-refractivity contribution in [1.29, 1.82) is 0 Å². The van der Waals surface area contributed by atoms with Crippen molar-refractivity contribution in [2.45, 2.75) is 95.7 Å². The molecule has 1 amide bonds. The van der Waals surface area contributed by atoms with E-state index in [1.54, 1.807) is 5.57 Å². The van der Waals surface area contributed by atoms with Crippen LogP contribution in [0.5, 0.6) is 0 Å². The van der Waals surface area contributed by atoms with Gasteiger partial charge in [-0.2, -0.15) is 0 Å². The smallest absolute Gasteiger partial charge is 0.229 e. The van der Waals surface area contributed by atoms with Gasteiger partial charge < -0.3 is 4.90 Å². The van der Waals surface area contributed by atoms with E-state index in [4.69, 9.17) is 0 Å². The number of allylic oxidation sites excluding steroid dienone is 4. The third-order valence-corrected chi connectivity index (χ3v) is 9.19. The second-order valence-corrected chi connectivity index (χ2v) is 11.8. The van der Waals surface area contributed by atoms with Gasteiger partial charge in [-0.05, 0) is 69.4 Å². The normalized spacial score (nSPS) is 31.0. The Kier molecular flexibility index (Phi) is 8.64. The summed E-state index contributed by atoms with van der Waals surface area (Å²) >= 11 is 0. The lowest BCUT2D eigenvalue weighted by Crippen LogP contribution is -2.54. The number of hydrogen-bond donors (Lipinski definition) is 0. The molecular formula is C32H47N3O. The molecule has 0 radical (unpaired) electrons. The summed E-state index contributed by atoms with van der Waals surface area (Å²) in [6.45, 7) is 11.5. The lowest BCUT2D eigenvalue weighted by atomic mass is 9.81. The van der Waals surface area contributed by atoms with Gasteiger partial charge >= 0.3 is 0 Å². The average molecular weight is 490 g/mol. The van der Waals surface area contributed by atoms with Crippen molar-refractivity contribution in [3.8, 4) is 0 Å². The van der Waals surface area contributed by atoms with Gasteiger partial charge in [0.2, 0.25) is 5.91 Å². The quantitative estimate of drug-likeness (QED) is 0.426. The minimum absolute atomic E-state index is 0.0150. The molecule has 0 aromatic carbocycles. The Hall–Kier alpha value is -1.91. The maximum Gasteiger partial charge on any atom is 0.229 e. The van der Waals surface area contributed by atoms with Gasteiger partial charge in [0, 0.05) is 44.8 Å². The van der Waals surface area contributed by atoms with Crippen LogP contribution in [0.4, 0.5) is 0 Å². The van der Waals surface area contributed by atoms with Crippen LogP contribution in [-0.2, 0) is 4.79 Å². The number of fused-ring (bicyclic) bond motifs is 2. The number of nitrogens with zero attached hydrogens (tertiary/aromatic N) is 3. The second kappa shape index (κ2) is 12.1. The standard InChI is InChI=1S/C32H47N3O/c1-3-19-33-22-18-29-12-9-13-30(24-33)35(29)31(28-11-8-10-25(2)23-28)26-14-16-27(17-15-26)32(36)34-20-6-4-5-7-21-34/h3,10,14-16,23,27,29-31H,1,4-9,11-13,17-22,24H2,2H3. The Bertz CT molecular complexity index is 920. The molecule has 5 aliphatic rings. The van der Waals surface area contributed by atoms with Gasteiger partial charge in [0.15, 0.2) is 0 Å². The molecule has 3 saturated heterocycles. The summed E-state index contributed by atoms with van der Waals surface area (Å²) in [7, 11) is 0. The molecule has 4 heteroatoms. The number of carbonyl (C=O) groups excluding carboxylic acids is 1. The zero-order chi connectivity index (χ0) is 24.9. The van der Waals surface area contributed by atoms with Gasteiger partial charge in [0.1, 0.15) is 0 Å². The molecule has 2 bridgehead atoms. The summed E-state index contributed by atoms with van der Waals surface area (Å²) in [6, 6.07) is 1.58. The summed E-state index contributed by atoms with van der Waals surface area (Å²) < 4.78 is 0. The molecule has 0 spiro atoms. The van der Waals surface area contributed by atoms with Crippen molar-refractivity contribution in [2.24, 2.45) is 5.92 Å². The maximum atomic E-state index is 13.3. The highest BCUT2D eigenvalue weighted by atomic mass is 16.2. The van der Waals surface area contributed by atoms with E-state index in [1.807, 2.05) is 0 Å². The summed E-state index contributed by atoms with van der Waals surface area (Å²) in [6.07, 6.45) is 27.1. The molecule has 3 heterocycles. The molecule has 0 aromatic rings. The molecule has 5 rings (SSSR count). The number of hydrogen-bond acceptors (Lipinski definition) is 3. The van der Waals surface area contributed by atoms with Crippen molar-refractivity contribution in [1.82, 2.24) is 14.7 Å². The summed E-state index contributed by atoms with van der Waals surface area (Å²) in [5.41, 5.74) is 4.42. The molecule has 196 valence electrons. The number of amides is 1. The van der Waals surface area contributed by atoms with Gasteiger partial charge in [-0.1, -0.05) is 61.3 Å². The Morgan fingerprint density at radius 3 is 2.58 bits per heavy atom. The number of likely N-dealkylation sites (tertiary alicyclic amines) is 1. The fraction of sp³-hybridized carbons (Fsp3) is 0.656. The largest absolute Gasteiger partial charge is 0.342 e. The average Bonchev–Trinajstić information content (AvgIpc) is 3.22. The first-order valence-electron chi connectivity index (χ1n) is 14.8. The van der Waals surface area contributed by atoms with E-state index in [-0.39, 0.29) is 5.92 Å². The highest BCUT2D eigenvalue weighted by Gasteiger charge is 2.41. The summed E-state index contributed by atoms with van der Waals surface area (Å²) in [5, 5.41) is 0. The summed E-state index contributed by atoms with van der Waals surface area (Å²) in [5.74, 6) is 0.364. The highest BCUT2D eigenvalue weighted by molar-refractivity contribution is 5.81. The third-order valence-electron chi connectivity index (χ3n) is 9.19. The Morgan fingerprint density at radius 2 is 1.86 bits per heavy atom. The Labute approximate surface area is 219 Å². The number of carbonyl (C=O) groups is 1. The molecule has 3 aliphatic heterocycles. The van der Waals surface area contributed by atoms with E-state index in [2.05, 4.69) is 64.7 Å². The number of piperidine rings is 1. The van der Waals surface area contributed by atoms with Gasteiger partial charge in [-0.15, -0.1) is 6.58 Å². The predicted molar refractivity (Wildman–Crippen MR) is 150 cm³/mol. The molecule has 0 saturated carbocycles. The maximum absolute atomic E-state index is 13.3. The molecule has 3 fully saturated rings. The van der Waals surface area contributed by atoms with E-state index in [0.717, 1.165) is 58.3 Å². The van der Waals surface area contributed by atoms with Crippen molar-refractivity contribution < 1.29 is 4.79 Å². The Balaban J connectivity index is 1.40. The van der Waals surface area contributed by atoms with Crippen LogP contribution < -0.4 is 0 Å². The minimum atomic E-state index is 0.0150. The molecule has 4 atom stereocenters. The van der Waals surface area contributed by atoms with Crippen LogP contribution in [0.25, 0.3) is 0 Å². The molecular weight excluding hydrogens is 442 g/mol. The van der Waals surface area contributed by atoms with Gasteiger partial charge in [0.25, 0.3) is 0 Å². The highest BCUT2D eigenvalue weighted by Crippen LogP contribution is 2.39. The van der Waals surface area contributed by atoms with Gasteiger partial charge in [-0.3, -0.25) is 14.6 Å². The monoisotopic (exact) mass is 489 g/mol. The molecule has 4 nitrogen and oxygen atoms in total. The van der Waals surface area contributed by atoms with Crippen LogP contribution in [0.3, 0.4) is 0 Å². The van der Waals surface area contributed by atoms with Gasteiger partial charge in [-0.25, -0.2) is 0 Å². The first-order valence-corrected chi connectivity index (χ1v) is 14.8. The van der Waals surface area contributed by atoms with E-state index < -0.39 is 0 Å². The zero-order valence-corrected chi connectivity index (χ0v) is 22.5. The van der Waals surface area contributed by atoms with Crippen molar-refractivity contribution in [3.63, 3.8) is 0 Å². The van der Waals surface area contributed by atoms with Crippen LogP contribution >= 0.6 is 0 Å². The molecule has 0 N–H and O–H groups in total. The van der Waals surface area contributed by atoms with Crippen LogP contribution in [-0.4, -0.2) is 71.5 Å². The van der Waals surface area contributed by atoms with Crippen LogP contribution in [0.2, 0.25) is 0 Å². The van der Waals surface area contributed by atoms with Crippen LogP contribution in [0.15, 0.2) is 59.8 Å². The molecule has 2 aliphatic carbocycles. The van der Waals surface area contributed by atoms with Crippen LogP contribution in [0.1, 0.15) is 77.6 Å². The van der Waals surface area contributed by atoms with Crippen molar-refractivity contribution in [3.05, 3.63) is 59.8 Å². The summed E-state index contributed by atoms with van der Waals surface area (Å²) in [4.78, 5) is 21.0. The van der Waals surface area contributed by atoms with E-state index in [9.17, 15) is 4.79 Å². The first-order chi connectivity index (χ1) is 17.6. The van der Waals surface area contributed by atoms with Crippen molar-refractivity contribution >= 4 is 5.91 Å². The van der Waals surface area contributed by atoms with Crippen LogP contribution in [0, 0.1) is 5.92 Å². The zero-order valence-electron chi connectivity index (χ0n) is 22.5. The van der Waals surface area contributed by atoms with E-state index >= 15 is 0 Å². The number of rotatable bonds is 6. The van der Waals surface area contributed by atoms with Crippen molar-refractivity contribution in [2.75, 3.05) is 32.7 Å². The fourth-order valence-electron chi connectivity index (χ4n) is 7.39. The SMILES string of the molecule is C=CCN1CCC2CCCC(C1)N2C(C1=CCC(C(=O)N2CCCCCC2)C=C1)C1=CC(C)=CCC1. The molecule has 0 aromatic heterocycles. The molecule has 4 unspecified atom stereocenters. The lowest BCUT2D eigenvalue weighted by molar-refractivity contribution is -0.133. The van der Waals surface area contributed by atoms with E-state index in [0.29, 0.717) is 24.0 Å². The fourth-order valence-corrected chi connectivity index (χ4v) is 7.39. The first kappa shape index (κ1) is 25.7. The predicted octanol–water partition coefficient (Wildman–Crippen LogP) is 6.04. The second-order valence-electron chi connectivity index (χ2n) is 11.8. The van der Waals surface area contributed by atoms with Gasteiger partial charge in [0.05, 0.1) is 12.0 Å². The molecule has 36 heavy (non-hydrogen) atoms. The third kappa shape index (κ3) is 5.81. The van der Waals surface area contributed by atoms with E-state index in [1.165, 1.54) is 56.2 Å². The minimum Gasteiger partial charge on any atom is -0.342 e. The topological polar surface area (TPSA) is 26.8 Å². The Morgan fingerprint density at radius 1 is 1.06 bits per heavy atom. The lowest BCUT2D eigenvalue weighted by Gasteiger charge is -2.47.